The number of nitrogens with zero attached hydrogens (tertiary/aromatic N) is 2. The molecule has 0 spiro atoms. The maximum absolute atomic E-state index is 5.22. The number of aryl methyl sites for hydroxylation is 2. The molecule has 0 aliphatic carbocycles. The highest BCUT2D eigenvalue weighted by Gasteiger charge is 2.04. The summed E-state index contributed by atoms with van der Waals surface area (Å²) in [5.74, 6) is 1.57. The van der Waals surface area contributed by atoms with Crippen molar-refractivity contribution in [3.8, 4) is 0 Å². The van der Waals surface area contributed by atoms with Crippen molar-refractivity contribution in [2.45, 2.75) is 33.4 Å². The molecule has 0 saturated heterocycles. The molecular weight excluding hydrogens is 272 g/mol. The second kappa shape index (κ2) is 7.09. The van der Waals surface area contributed by atoms with Crippen molar-refractivity contribution in [3.63, 3.8) is 0 Å². The monoisotopic (exact) mass is 292 g/mol. The summed E-state index contributed by atoms with van der Waals surface area (Å²) >= 11 is 1.79. The van der Waals surface area contributed by atoms with E-state index >= 15 is 0 Å². The number of guanidine groups is 1. The maximum Gasteiger partial charge on any atom is 0.191 e. The molecule has 0 saturated carbocycles. The maximum atomic E-state index is 5.22. The number of rotatable bonds is 5. The average molecular weight is 292 g/mol. The molecule has 0 atom stereocenters. The summed E-state index contributed by atoms with van der Waals surface area (Å²) < 4.78 is 5.22. The number of aliphatic imine (C=N–C) groups is 1. The molecule has 0 aliphatic heterocycles. The van der Waals surface area contributed by atoms with E-state index in [0.717, 1.165) is 30.4 Å². The molecule has 0 amide bonds. The molecule has 2 rings (SSSR count). The molecule has 2 aromatic rings. The van der Waals surface area contributed by atoms with E-state index < -0.39 is 0 Å². The van der Waals surface area contributed by atoms with Crippen molar-refractivity contribution in [3.05, 3.63) is 39.4 Å². The van der Waals surface area contributed by atoms with Gasteiger partial charge in [0.25, 0.3) is 0 Å². The van der Waals surface area contributed by atoms with Crippen LogP contribution in [0.4, 0.5) is 0 Å². The van der Waals surface area contributed by atoms with E-state index in [1.165, 1.54) is 9.75 Å². The van der Waals surface area contributed by atoms with Crippen LogP contribution in [0.15, 0.2) is 27.7 Å². The molecule has 5 nitrogen and oxygen atoms in total. The molecule has 2 N–H and O–H groups in total. The summed E-state index contributed by atoms with van der Waals surface area (Å²) in [7, 11) is 1.76. The first-order valence-corrected chi connectivity index (χ1v) is 7.47. The molecule has 6 heteroatoms. The van der Waals surface area contributed by atoms with Gasteiger partial charge in [-0.05, 0) is 25.5 Å². The van der Waals surface area contributed by atoms with E-state index in [1.807, 2.05) is 6.07 Å². The topological polar surface area (TPSA) is 62.5 Å². The van der Waals surface area contributed by atoms with Crippen LogP contribution in [-0.4, -0.2) is 18.2 Å². The fourth-order valence-corrected chi connectivity index (χ4v) is 2.58. The van der Waals surface area contributed by atoms with Crippen LogP contribution in [0.1, 0.15) is 28.1 Å². The first-order chi connectivity index (χ1) is 9.71. The Morgan fingerprint density at radius 3 is 2.75 bits per heavy atom. The van der Waals surface area contributed by atoms with Crippen molar-refractivity contribution in [1.82, 2.24) is 15.8 Å². The number of thiophene rings is 1. The van der Waals surface area contributed by atoms with Gasteiger partial charge in [0, 0.05) is 22.9 Å². The van der Waals surface area contributed by atoms with Gasteiger partial charge in [0.05, 0.1) is 18.8 Å². The van der Waals surface area contributed by atoms with Crippen LogP contribution in [0.5, 0.6) is 0 Å². The Labute approximate surface area is 123 Å². The van der Waals surface area contributed by atoms with Gasteiger partial charge in [0.2, 0.25) is 0 Å². The van der Waals surface area contributed by atoms with E-state index in [-0.39, 0.29) is 0 Å². The van der Waals surface area contributed by atoms with Crippen LogP contribution in [0.2, 0.25) is 0 Å². The van der Waals surface area contributed by atoms with Crippen molar-refractivity contribution >= 4 is 17.3 Å². The molecule has 20 heavy (non-hydrogen) atoms. The van der Waals surface area contributed by atoms with Crippen molar-refractivity contribution in [2.24, 2.45) is 4.99 Å². The third-order valence-electron chi connectivity index (χ3n) is 2.85. The molecule has 108 valence electrons. The summed E-state index contributed by atoms with van der Waals surface area (Å²) in [6.45, 7) is 5.51. The van der Waals surface area contributed by atoms with Gasteiger partial charge in [-0.1, -0.05) is 12.1 Å². The van der Waals surface area contributed by atoms with Gasteiger partial charge in [0.1, 0.15) is 0 Å². The zero-order chi connectivity index (χ0) is 14.4. The van der Waals surface area contributed by atoms with Gasteiger partial charge < -0.3 is 15.2 Å². The minimum Gasteiger partial charge on any atom is -0.359 e. The van der Waals surface area contributed by atoms with E-state index in [1.54, 1.807) is 18.4 Å². The Hall–Kier alpha value is -1.82. The quantitative estimate of drug-likeness (QED) is 0.656. The minimum absolute atomic E-state index is 0.580. The van der Waals surface area contributed by atoms with Crippen LogP contribution in [-0.2, 0) is 19.5 Å². The Bertz CT molecular complexity index is 573. The molecule has 0 fully saturated rings. The Balaban J connectivity index is 1.80. The predicted molar refractivity (Wildman–Crippen MR) is 82.0 cm³/mol. The van der Waals surface area contributed by atoms with Crippen LogP contribution in [0.25, 0.3) is 0 Å². The first kappa shape index (κ1) is 14.6. The van der Waals surface area contributed by atoms with Gasteiger partial charge in [-0.25, -0.2) is 0 Å². The van der Waals surface area contributed by atoms with Gasteiger partial charge in [0.15, 0.2) is 11.7 Å². The summed E-state index contributed by atoms with van der Waals surface area (Å²) in [6, 6.07) is 6.21. The Morgan fingerprint density at radius 1 is 1.35 bits per heavy atom. The normalized spacial score (nSPS) is 11.7. The summed E-state index contributed by atoms with van der Waals surface area (Å²) in [6.07, 6.45) is 0.883. The molecule has 2 heterocycles. The van der Waals surface area contributed by atoms with E-state index in [0.29, 0.717) is 6.54 Å². The number of aromatic nitrogens is 1. The van der Waals surface area contributed by atoms with Crippen LogP contribution in [0.3, 0.4) is 0 Å². The van der Waals surface area contributed by atoms with Crippen molar-refractivity contribution in [2.75, 3.05) is 7.05 Å². The third kappa shape index (κ3) is 4.09. The third-order valence-corrected chi connectivity index (χ3v) is 3.85. The molecule has 2 aromatic heterocycles. The van der Waals surface area contributed by atoms with Gasteiger partial charge in [-0.3, -0.25) is 4.99 Å². The molecule has 0 aromatic carbocycles. The van der Waals surface area contributed by atoms with Crippen LogP contribution < -0.4 is 10.6 Å². The predicted octanol–water partition coefficient (Wildman–Crippen LogP) is 2.47. The first-order valence-electron chi connectivity index (χ1n) is 6.65. The highest BCUT2D eigenvalue weighted by atomic mass is 32.1. The lowest BCUT2D eigenvalue weighted by Crippen LogP contribution is -2.36. The summed E-state index contributed by atoms with van der Waals surface area (Å²) in [4.78, 5) is 6.80. The highest BCUT2D eigenvalue weighted by molar-refractivity contribution is 7.11. The zero-order valence-electron chi connectivity index (χ0n) is 12.1. The zero-order valence-corrected chi connectivity index (χ0v) is 12.9. The standard InChI is InChI=1S/C14H20N4OS/c1-4-11-7-12(19-18-11)8-16-14(15-3)17-9-13-6-5-10(2)20-13/h5-7H,4,8-9H2,1-3H3,(H2,15,16,17). The SMILES string of the molecule is CCc1cc(CNC(=NC)NCc2ccc(C)s2)on1. The number of hydrogen-bond donors (Lipinski definition) is 2. The smallest absolute Gasteiger partial charge is 0.191 e. The fraction of sp³-hybridized carbons (Fsp3) is 0.429. The van der Waals surface area contributed by atoms with Crippen LogP contribution >= 0.6 is 11.3 Å². The van der Waals surface area contributed by atoms with Gasteiger partial charge in [-0.15, -0.1) is 11.3 Å². The lowest BCUT2D eigenvalue weighted by molar-refractivity contribution is 0.374. The average Bonchev–Trinajstić information content (AvgIpc) is 3.08. The molecule has 0 aliphatic rings. The molecule has 0 radical (unpaired) electrons. The Kier molecular flexibility index (Phi) is 5.17. The van der Waals surface area contributed by atoms with E-state index in [9.17, 15) is 0 Å². The van der Waals surface area contributed by atoms with Crippen LogP contribution in [0, 0.1) is 6.92 Å². The lowest BCUT2D eigenvalue weighted by atomic mass is 10.3. The Morgan fingerprint density at radius 2 is 2.15 bits per heavy atom. The molecule has 0 bridgehead atoms. The fourth-order valence-electron chi connectivity index (χ4n) is 1.75. The number of nitrogens with one attached hydrogen (secondary N) is 2. The second-order valence-corrected chi connectivity index (χ2v) is 5.80. The van der Waals surface area contributed by atoms with E-state index in [4.69, 9.17) is 4.52 Å². The minimum atomic E-state index is 0.580. The summed E-state index contributed by atoms with van der Waals surface area (Å²) in [5, 5.41) is 10.4. The molecular formula is C14H20N4OS. The second-order valence-electron chi connectivity index (χ2n) is 4.43. The van der Waals surface area contributed by atoms with Crippen molar-refractivity contribution in [1.29, 1.82) is 0 Å². The number of hydrogen-bond acceptors (Lipinski definition) is 4. The summed E-state index contributed by atoms with van der Waals surface area (Å²) in [5.41, 5.74) is 0.971. The largest absolute Gasteiger partial charge is 0.359 e. The molecule has 0 unspecified atom stereocenters. The lowest BCUT2D eigenvalue weighted by Gasteiger charge is -2.09. The van der Waals surface area contributed by atoms with Crippen molar-refractivity contribution < 1.29 is 4.52 Å². The van der Waals surface area contributed by atoms with Gasteiger partial charge >= 0.3 is 0 Å². The van der Waals surface area contributed by atoms with E-state index in [2.05, 4.69) is 46.8 Å². The van der Waals surface area contributed by atoms with Gasteiger partial charge in [-0.2, -0.15) is 0 Å². The highest BCUT2D eigenvalue weighted by Crippen LogP contribution is 2.14.